The maximum Gasteiger partial charge on any atom is 0.269 e. The van der Waals surface area contributed by atoms with Gasteiger partial charge in [0.2, 0.25) is 0 Å². The van der Waals surface area contributed by atoms with Crippen LogP contribution in [0.5, 0.6) is 5.75 Å². The summed E-state index contributed by atoms with van der Waals surface area (Å²) in [6.45, 7) is 7.46. The van der Waals surface area contributed by atoms with Crippen molar-refractivity contribution >= 4 is 5.69 Å². The average Bonchev–Trinajstić information content (AvgIpc) is 2.49. The van der Waals surface area contributed by atoms with Gasteiger partial charge in [0.15, 0.2) is 0 Å². The number of methoxy groups -OCH3 is 1. The lowest BCUT2D eigenvalue weighted by atomic mass is 9.90. The van der Waals surface area contributed by atoms with Crippen LogP contribution < -0.4 is 10.1 Å². The average molecular weight is 294 g/mol. The standard InChI is InChI=1S/C16H26N2O3/c1-5-9-17-12(3)13(6-2)10-14-11-15(18(19)20)7-8-16(14)21-4/h7-8,11-13,17H,5-6,9-10H2,1-4H3. The number of nitrogens with zero attached hydrogens (tertiary/aromatic N) is 1. The quantitative estimate of drug-likeness (QED) is 0.558. The molecule has 21 heavy (non-hydrogen) atoms. The minimum absolute atomic E-state index is 0.120. The van der Waals surface area contributed by atoms with Crippen LogP contribution in [0.2, 0.25) is 0 Å². The molecule has 0 aliphatic rings. The summed E-state index contributed by atoms with van der Waals surface area (Å²) in [4.78, 5) is 10.6. The van der Waals surface area contributed by atoms with E-state index in [1.165, 1.54) is 6.07 Å². The van der Waals surface area contributed by atoms with Crippen molar-refractivity contribution < 1.29 is 9.66 Å². The van der Waals surface area contributed by atoms with Crippen molar-refractivity contribution in [1.29, 1.82) is 0 Å². The first kappa shape index (κ1) is 17.4. The summed E-state index contributed by atoms with van der Waals surface area (Å²) in [5.74, 6) is 1.15. The molecule has 0 saturated carbocycles. The van der Waals surface area contributed by atoms with Gasteiger partial charge in [-0.15, -0.1) is 0 Å². The molecule has 0 aliphatic heterocycles. The Morgan fingerprint density at radius 1 is 1.38 bits per heavy atom. The maximum absolute atomic E-state index is 10.9. The number of hydrogen-bond acceptors (Lipinski definition) is 4. The first-order valence-corrected chi connectivity index (χ1v) is 7.58. The molecule has 1 aromatic rings. The van der Waals surface area contributed by atoms with Crippen molar-refractivity contribution in [3.63, 3.8) is 0 Å². The zero-order chi connectivity index (χ0) is 15.8. The molecule has 5 heteroatoms. The maximum atomic E-state index is 10.9. The third kappa shape index (κ3) is 5.01. The minimum Gasteiger partial charge on any atom is -0.496 e. The number of rotatable bonds is 9. The number of nitro groups is 1. The van der Waals surface area contributed by atoms with Crippen LogP contribution >= 0.6 is 0 Å². The topological polar surface area (TPSA) is 64.4 Å². The van der Waals surface area contributed by atoms with Gasteiger partial charge in [-0.2, -0.15) is 0 Å². The molecule has 0 heterocycles. The number of nitrogens with one attached hydrogen (secondary N) is 1. The summed E-state index contributed by atoms with van der Waals surface area (Å²) in [7, 11) is 1.60. The van der Waals surface area contributed by atoms with Crippen LogP contribution in [-0.4, -0.2) is 24.6 Å². The van der Waals surface area contributed by atoms with Crippen molar-refractivity contribution in [2.24, 2.45) is 5.92 Å². The summed E-state index contributed by atoms with van der Waals surface area (Å²) in [5.41, 5.74) is 1.03. The minimum atomic E-state index is -0.358. The molecule has 0 saturated heterocycles. The highest BCUT2D eigenvalue weighted by molar-refractivity contribution is 5.44. The Morgan fingerprint density at radius 3 is 2.62 bits per heavy atom. The monoisotopic (exact) mass is 294 g/mol. The summed E-state index contributed by atoms with van der Waals surface area (Å²) >= 11 is 0. The van der Waals surface area contributed by atoms with Gasteiger partial charge in [0.25, 0.3) is 5.69 Å². The number of nitro benzene ring substituents is 1. The molecule has 0 amide bonds. The number of non-ortho nitro benzene ring substituents is 1. The molecule has 1 aromatic carbocycles. The zero-order valence-electron chi connectivity index (χ0n) is 13.4. The van der Waals surface area contributed by atoms with E-state index in [0.29, 0.717) is 12.0 Å². The van der Waals surface area contributed by atoms with Gasteiger partial charge >= 0.3 is 0 Å². The fourth-order valence-electron chi connectivity index (χ4n) is 2.53. The lowest BCUT2D eigenvalue weighted by molar-refractivity contribution is -0.384. The second-order valence-corrected chi connectivity index (χ2v) is 5.37. The first-order chi connectivity index (χ1) is 10.0. The SMILES string of the molecule is CCCNC(C)C(CC)Cc1cc([N+](=O)[O-])ccc1OC. The van der Waals surface area contributed by atoms with E-state index in [1.54, 1.807) is 19.2 Å². The van der Waals surface area contributed by atoms with Crippen LogP contribution in [0.1, 0.15) is 39.2 Å². The summed E-state index contributed by atoms with van der Waals surface area (Å²) in [6.07, 6.45) is 2.89. The Bertz CT molecular complexity index is 463. The van der Waals surface area contributed by atoms with Crippen molar-refractivity contribution in [2.75, 3.05) is 13.7 Å². The Hall–Kier alpha value is -1.62. The molecule has 0 bridgehead atoms. The van der Waals surface area contributed by atoms with E-state index in [1.807, 2.05) is 0 Å². The van der Waals surface area contributed by atoms with Crippen LogP contribution in [0, 0.1) is 16.0 Å². The van der Waals surface area contributed by atoms with Crippen molar-refractivity contribution in [1.82, 2.24) is 5.32 Å². The van der Waals surface area contributed by atoms with Gasteiger partial charge in [0.1, 0.15) is 5.75 Å². The van der Waals surface area contributed by atoms with Gasteiger partial charge in [0.05, 0.1) is 12.0 Å². The third-order valence-electron chi connectivity index (χ3n) is 3.90. The predicted octanol–water partition coefficient (Wildman–Crippen LogP) is 3.56. The van der Waals surface area contributed by atoms with Crippen LogP contribution in [-0.2, 0) is 6.42 Å². The molecule has 118 valence electrons. The molecule has 0 fully saturated rings. The number of ether oxygens (including phenoxy) is 1. The van der Waals surface area contributed by atoms with E-state index >= 15 is 0 Å². The van der Waals surface area contributed by atoms with Crippen LogP contribution in [0.25, 0.3) is 0 Å². The van der Waals surface area contributed by atoms with Gasteiger partial charge in [-0.3, -0.25) is 10.1 Å². The largest absolute Gasteiger partial charge is 0.496 e. The highest BCUT2D eigenvalue weighted by Gasteiger charge is 2.19. The fraction of sp³-hybridized carbons (Fsp3) is 0.625. The molecule has 0 aromatic heterocycles. The molecule has 1 N–H and O–H groups in total. The Balaban J connectivity index is 2.91. The predicted molar refractivity (Wildman–Crippen MR) is 84.9 cm³/mol. The third-order valence-corrected chi connectivity index (χ3v) is 3.90. The van der Waals surface area contributed by atoms with Gasteiger partial charge in [-0.25, -0.2) is 0 Å². The lowest BCUT2D eigenvalue weighted by Crippen LogP contribution is -2.34. The van der Waals surface area contributed by atoms with E-state index in [-0.39, 0.29) is 10.6 Å². The van der Waals surface area contributed by atoms with E-state index in [2.05, 4.69) is 26.1 Å². The van der Waals surface area contributed by atoms with Gasteiger partial charge in [0, 0.05) is 23.7 Å². The van der Waals surface area contributed by atoms with Gasteiger partial charge in [-0.1, -0.05) is 20.3 Å². The molecule has 1 rings (SSSR count). The highest BCUT2D eigenvalue weighted by atomic mass is 16.6. The molecule has 0 radical (unpaired) electrons. The van der Waals surface area contributed by atoms with Crippen LogP contribution in [0.15, 0.2) is 18.2 Å². The van der Waals surface area contributed by atoms with Crippen molar-refractivity contribution in [3.8, 4) is 5.75 Å². The van der Waals surface area contributed by atoms with Crippen molar-refractivity contribution in [2.45, 2.75) is 46.1 Å². The highest BCUT2D eigenvalue weighted by Crippen LogP contribution is 2.28. The molecule has 0 aliphatic carbocycles. The van der Waals surface area contributed by atoms with Crippen molar-refractivity contribution in [3.05, 3.63) is 33.9 Å². The van der Waals surface area contributed by atoms with E-state index < -0.39 is 0 Å². The normalized spacial score (nSPS) is 13.7. The van der Waals surface area contributed by atoms with E-state index in [0.717, 1.165) is 37.1 Å². The number of benzene rings is 1. The first-order valence-electron chi connectivity index (χ1n) is 7.58. The van der Waals surface area contributed by atoms with E-state index in [4.69, 9.17) is 4.74 Å². The number of hydrogen-bond donors (Lipinski definition) is 1. The molecular formula is C16H26N2O3. The zero-order valence-corrected chi connectivity index (χ0v) is 13.4. The van der Waals surface area contributed by atoms with E-state index in [9.17, 15) is 10.1 Å². The Morgan fingerprint density at radius 2 is 2.10 bits per heavy atom. The second-order valence-electron chi connectivity index (χ2n) is 5.37. The smallest absolute Gasteiger partial charge is 0.269 e. The Labute approximate surface area is 126 Å². The summed E-state index contributed by atoms with van der Waals surface area (Å²) < 4.78 is 5.34. The van der Waals surface area contributed by atoms with Crippen LogP contribution in [0.3, 0.4) is 0 Å². The molecule has 2 atom stereocenters. The van der Waals surface area contributed by atoms with Crippen LogP contribution in [0.4, 0.5) is 5.69 Å². The lowest BCUT2D eigenvalue weighted by Gasteiger charge is -2.24. The van der Waals surface area contributed by atoms with Gasteiger partial charge < -0.3 is 10.1 Å². The molecule has 5 nitrogen and oxygen atoms in total. The fourth-order valence-corrected chi connectivity index (χ4v) is 2.53. The molecule has 0 spiro atoms. The summed E-state index contributed by atoms with van der Waals surface area (Å²) in [6, 6.07) is 5.18. The second kappa shape index (κ2) is 8.62. The molecular weight excluding hydrogens is 268 g/mol. The van der Waals surface area contributed by atoms with Gasteiger partial charge in [-0.05, 0) is 38.3 Å². The summed E-state index contributed by atoms with van der Waals surface area (Å²) in [5, 5.41) is 14.4. The Kier molecular flexibility index (Phi) is 7.15. The molecule has 2 unspecified atom stereocenters.